The van der Waals surface area contributed by atoms with E-state index in [4.69, 9.17) is 4.74 Å². The second-order valence-electron chi connectivity index (χ2n) is 8.82. The quantitative estimate of drug-likeness (QED) is 0.782. The Morgan fingerprint density at radius 3 is 2.29 bits per heavy atom. The van der Waals surface area contributed by atoms with Gasteiger partial charge in [0.15, 0.2) is 0 Å². The normalized spacial score (nSPS) is 14.3. The summed E-state index contributed by atoms with van der Waals surface area (Å²) in [4.78, 5) is 29.0. The fourth-order valence-electron chi connectivity index (χ4n) is 3.66. The van der Waals surface area contributed by atoms with Crippen LogP contribution in [-0.4, -0.2) is 48.7 Å². The fourth-order valence-corrected chi connectivity index (χ4v) is 3.66. The second-order valence-corrected chi connectivity index (χ2v) is 8.82. The van der Waals surface area contributed by atoms with Gasteiger partial charge >= 0.3 is 6.09 Å². The highest BCUT2D eigenvalue weighted by atomic mass is 16.6. The number of hydrogen-bond acceptors (Lipinski definition) is 4. The van der Waals surface area contributed by atoms with Crippen molar-refractivity contribution >= 4 is 17.7 Å². The summed E-state index contributed by atoms with van der Waals surface area (Å²) >= 11 is 0. The molecule has 1 fully saturated rings. The zero-order valence-corrected chi connectivity index (χ0v) is 19.0. The number of rotatable bonds is 5. The molecular formula is C25H33N3O3. The summed E-state index contributed by atoms with van der Waals surface area (Å²) in [5.74, 6) is -0.0696. The van der Waals surface area contributed by atoms with Gasteiger partial charge < -0.3 is 19.9 Å². The molecule has 0 unspecified atom stereocenters. The maximum atomic E-state index is 12.6. The van der Waals surface area contributed by atoms with E-state index in [1.807, 2.05) is 69.3 Å². The van der Waals surface area contributed by atoms with E-state index in [0.29, 0.717) is 25.2 Å². The topological polar surface area (TPSA) is 61.9 Å². The number of amides is 2. The third kappa shape index (κ3) is 6.23. The molecule has 31 heavy (non-hydrogen) atoms. The molecule has 0 aliphatic carbocycles. The van der Waals surface area contributed by atoms with Gasteiger partial charge in [-0.05, 0) is 56.5 Å². The average molecular weight is 424 g/mol. The molecule has 1 aliphatic rings. The highest BCUT2D eigenvalue weighted by molar-refractivity contribution is 5.95. The van der Waals surface area contributed by atoms with Crippen LogP contribution in [0.2, 0.25) is 0 Å². The summed E-state index contributed by atoms with van der Waals surface area (Å²) in [5, 5.41) is 2.99. The lowest BCUT2D eigenvalue weighted by atomic mass is 10.0. The van der Waals surface area contributed by atoms with Crippen molar-refractivity contribution in [3.05, 3.63) is 65.2 Å². The summed E-state index contributed by atoms with van der Waals surface area (Å²) in [6.07, 6.45) is 0.579. The van der Waals surface area contributed by atoms with Crippen LogP contribution < -0.4 is 10.2 Å². The average Bonchev–Trinajstić information content (AvgIpc) is 2.76. The molecule has 6 heteroatoms. The van der Waals surface area contributed by atoms with E-state index in [-0.39, 0.29) is 12.0 Å². The number of benzene rings is 2. The first-order valence-corrected chi connectivity index (χ1v) is 10.9. The first kappa shape index (κ1) is 22.7. The number of nitrogens with one attached hydrogen (secondary N) is 1. The smallest absolute Gasteiger partial charge is 0.410 e. The molecule has 0 spiro atoms. The highest BCUT2D eigenvalue weighted by Crippen LogP contribution is 2.25. The third-order valence-electron chi connectivity index (χ3n) is 5.29. The van der Waals surface area contributed by atoms with E-state index in [1.165, 1.54) is 0 Å². The van der Waals surface area contributed by atoms with Crippen LogP contribution in [0, 0.1) is 0 Å². The van der Waals surface area contributed by atoms with Gasteiger partial charge in [0, 0.05) is 44.0 Å². The van der Waals surface area contributed by atoms with E-state index in [9.17, 15) is 9.59 Å². The van der Waals surface area contributed by atoms with E-state index in [0.717, 1.165) is 36.3 Å². The lowest BCUT2D eigenvalue weighted by Gasteiger charge is -2.37. The summed E-state index contributed by atoms with van der Waals surface area (Å²) < 4.78 is 5.48. The Bertz CT molecular complexity index is 898. The predicted octanol–water partition coefficient (Wildman–Crippen LogP) is 4.24. The second kappa shape index (κ2) is 9.86. The Morgan fingerprint density at radius 2 is 1.68 bits per heavy atom. The molecule has 2 aromatic rings. The van der Waals surface area contributed by atoms with Crippen LogP contribution in [0.1, 0.15) is 49.2 Å². The van der Waals surface area contributed by atoms with Crippen molar-refractivity contribution in [1.82, 2.24) is 10.2 Å². The molecule has 0 atom stereocenters. The molecule has 2 amide bonds. The molecule has 2 aromatic carbocycles. The maximum Gasteiger partial charge on any atom is 0.410 e. The van der Waals surface area contributed by atoms with Crippen LogP contribution in [-0.2, 0) is 17.7 Å². The molecule has 0 saturated carbocycles. The standard InChI is InChI=1S/C25H33N3O3/c1-5-20-17-21(23(29)26-18-19-9-7-6-8-10-19)11-12-22(20)27-13-15-28(16-14-27)24(30)31-25(2,3)4/h6-12,17H,5,13-16,18H2,1-4H3,(H,26,29). The monoisotopic (exact) mass is 423 g/mol. The summed E-state index contributed by atoms with van der Waals surface area (Å²) in [6, 6.07) is 15.8. The number of aryl methyl sites for hydroxylation is 1. The number of anilines is 1. The molecular weight excluding hydrogens is 390 g/mol. The van der Waals surface area contributed by atoms with Crippen LogP contribution in [0.25, 0.3) is 0 Å². The summed E-state index contributed by atoms with van der Waals surface area (Å²) in [7, 11) is 0. The minimum atomic E-state index is -0.486. The van der Waals surface area contributed by atoms with Crippen LogP contribution >= 0.6 is 0 Å². The van der Waals surface area contributed by atoms with Gasteiger partial charge in [0.1, 0.15) is 5.60 Å². The van der Waals surface area contributed by atoms with Crippen molar-refractivity contribution in [2.24, 2.45) is 0 Å². The van der Waals surface area contributed by atoms with E-state index < -0.39 is 5.60 Å². The molecule has 0 aromatic heterocycles. The maximum absolute atomic E-state index is 12.6. The first-order chi connectivity index (χ1) is 14.8. The van der Waals surface area contributed by atoms with E-state index in [1.54, 1.807) is 4.90 Å². The van der Waals surface area contributed by atoms with Crippen LogP contribution in [0.3, 0.4) is 0 Å². The SMILES string of the molecule is CCc1cc(C(=O)NCc2ccccc2)ccc1N1CCN(C(=O)OC(C)(C)C)CC1. The van der Waals surface area contributed by atoms with Crippen LogP contribution in [0.5, 0.6) is 0 Å². The molecule has 3 rings (SSSR count). The Balaban J connectivity index is 1.61. The molecule has 166 valence electrons. The zero-order valence-electron chi connectivity index (χ0n) is 19.0. The zero-order chi connectivity index (χ0) is 22.4. The van der Waals surface area contributed by atoms with Crippen molar-refractivity contribution in [2.75, 3.05) is 31.1 Å². The molecule has 1 heterocycles. The van der Waals surface area contributed by atoms with Crippen molar-refractivity contribution in [3.63, 3.8) is 0 Å². The number of carbonyl (C=O) groups is 2. The Labute approximate surface area is 185 Å². The Morgan fingerprint density at radius 1 is 1.00 bits per heavy atom. The number of ether oxygens (including phenoxy) is 1. The Hall–Kier alpha value is -3.02. The van der Waals surface area contributed by atoms with Gasteiger partial charge in [-0.25, -0.2) is 4.79 Å². The van der Waals surface area contributed by atoms with Gasteiger partial charge in [0.25, 0.3) is 5.91 Å². The lowest BCUT2D eigenvalue weighted by molar-refractivity contribution is 0.0240. The molecule has 1 saturated heterocycles. The van der Waals surface area contributed by atoms with Crippen LogP contribution in [0.4, 0.5) is 10.5 Å². The van der Waals surface area contributed by atoms with Crippen LogP contribution in [0.15, 0.2) is 48.5 Å². The fraction of sp³-hybridized carbons (Fsp3) is 0.440. The van der Waals surface area contributed by atoms with Crippen molar-refractivity contribution in [2.45, 2.75) is 46.3 Å². The summed E-state index contributed by atoms with van der Waals surface area (Å²) in [5.41, 5.74) is 3.53. The minimum absolute atomic E-state index is 0.0696. The molecule has 6 nitrogen and oxygen atoms in total. The number of carbonyl (C=O) groups excluding carboxylic acids is 2. The number of piperazine rings is 1. The van der Waals surface area contributed by atoms with Crippen molar-refractivity contribution in [1.29, 1.82) is 0 Å². The van der Waals surface area contributed by atoms with Crippen molar-refractivity contribution in [3.8, 4) is 0 Å². The van der Waals surface area contributed by atoms with E-state index >= 15 is 0 Å². The molecule has 0 bridgehead atoms. The highest BCUT2D eigenvalue weighted by Gasteiger charge is 2.26. The Kier molecular flexibility index (Phi) is 7.21. The third-order valence-corrected chi connectivity index (χ3v) is 5.29. The minimum Gasteiger partial charge on any atom is -0.444 e. The summed E-state index contributed by atoms with van der Waals surface area (Å²) in [6.45, 7) is 11.0. The largest absolute Gasteiger partial charge is 0.444 e. The van der Waals surface area contributed by atoms with Gasteiger partial charge in [-0.2, -0.15) is 0 Å². The molecule has 0 radical (unpaired) electrons. The van der Waals surface area contributed by atoms with Gasteiger partial charge in [-0.1, -0.05) is 37.3 Å². The lowest BCUT2D eigenvalue weighted by Crippen LogP contribution is -2.50. The van der Waals surface area contributed by atoms with Gasteiger partial charge in [-0.3, -0.25) is 4.79 Å². The molecule has 1 aliphatic heterocycles. The van der Waals surface area contributed by atoms with Crippen molar-refractivity contribution < 1.29 is 14.3 Å². The first-order valence-electron chi connectivity index (χ1n) is 10.9. The number of hydrogen-bond donors (Lipinski definition) is 1. The number of nitrogens with zero attached hydrogens (tertiary/aromatic N) is 2. The van der Waals surface area contributed by atoms with Gasteiger partial charge in [0.2, 0.25) is 0 Å². The predicted molar refractivity (Wildman–Crippen MR) is 123 cm³/mol. The van der Waals surface area contributed by atoms with Gasteiger partial charge in [-0.15, -0.1) is 0 Å². The molecule has 1 N–H and O–H groups in total. The van der Waals surface area contributed by atoms with E-state index in [2.05, 4.69) is 17.1 Å². The van der Waals surface area contributed by atoms with Gasteiger partial charge in [0.05, 0.1) is 0 Å².